The van der Waals surface area contributed by atoms with Crippen molar-refractivity contribution in [3.05, 3.63) is 54.1 Å². The molecule has 2 aromatic carbocycles. The number of amides is 1. The monoisotopic (exact) mass is 445 g/mol. The van der Waals surface area contributed by atoms with Crippen LogP contribution in [-0.2, 0) is 16.0 Å². The van der Waals surface area contributed by atoms with E-state index in [1.165, 1.54) is 12.1 Å². The first-order valence-corrected chi connectivity index (χ1v) is 10.2. The van der Waals surface area contributed by atoms with Gasteiger partial charge in [0.25, 0.3) is 0 Å². The van der Waals surface area contributed by atoms with E-state index in [0.717, 1.165) is 31.4 Å². The largest absolute Gasteiger partial charge is 0.491 e. The highest BCUT2D eigenvalue weighted by Crippen LogP contribution is 2.31. The van der Waals surface area contributed by atoms with Crippen LogP contribution in [0, 0.1) is 11.3 Å². The Hall–Kier alpha value is -3.38. The van der Waals surface area contributed by atoms with Crippen molar-refractivity contribution in [3.8, 4) is 22.9 Å². The highest BCUT2D eigenvalue weighted by Gasteiger charge is 2.41. The van der Waals surface area contributed by atoms with E-state index in [-0.39, 0.29) is 24.1 Å². The maximum Gasteiger partial charge on any atom is 0.491 e. The van der Waals surface area contributed by atoms with Gasteiger partial charge in [0.15, 0.2) is 0 Å². The number of benzene rings is 2. The first-order chi connectivity index (χ1) is 15.3. The fraction of sp³-hybridized carbons (Fsp3) is 0.348. The number of nitrogens with one attached hydrogen (secondary N) is 2. The second-order valence-corrected chi connectivity index (χ2v) is 7.48. The topological polar surface area (TPSA) is 91.2 Å². The SMILES string of the molecule is N#C[C@H](Cc1ccc(-c2ccccc2OC(=O)C(F)(F)F)cc1)NC(=O)[C@@H]1CCCCN1. The average Bonchev–Trinajstić information content (AvgIpc) is 2.79. The summed E-state index contributed by atoms with van der Waals surface area (Å²) in [6.07, 6.45) is -2.10. The molecule has 168 valence electrons. The molecule has 0 radical (unpaired) electrons. The quantitative estimate of drug-likeness (QED) is 0.525. The molecular formula is C23H22F3N3O3. The van der Waals surface area contributed by atoms with Gasteiger partial charge in [0, 0.05) is 12.0 Å². The van der Waals surface area contributed by atoms with Crippen molar-refractivity contribution in [2.75, 3.05) is 6.54 Å². The van der Waals surface area contributed by atoms with Crippen molar-refractivity contribution in [2.45, 2.75) is 43.9 Å². The predicted octanol–water partition coefficient (Wildman–Crippen LogP) is 3.51. The zero-order valence-electron chi connectivity index (χ0n) is 17.1. The summed E-state index contributed by atoms with van der Waals surface area (Å²) in [7, 11) is 0. The van der Waals surface area contributed by atoms with Crippen LogP contribution in [-0.4, -0.2) is 36.7 Å². The molecule has 0 unspecified atom stereocenters. The third kappa shape index (κ3) is 6.08. The summed E-state index contributed by atoms with van der Waals surface area (Å²) in [6, 6.07) is 13.8. The van der Waals surface area contributed by atoms with Crippen molar-refractivity contribution < 1.29 is 27.5 Å². The molecule has 32 heavy (non-hydrogen) atoms. The van der Waals surface area contributed by atoms with Crippen LogP contribution in [0.5, 0.6) is 5.75 Å². The first kappa shape index (κ1) is 23.3. The number of carbonyl (C=O) groups excluding carboxylic acids is 2. The Labute approximate surface area is 183 Å². The van der Waals surface area contributed by atoms with E-state index in [9.17, 15) is 28.0 Å². The molecular weight excluding hydrogens is 423 g/mol. The molecule has 1 heterocycles. The lowest BCUT2D eigenvalue weighted by Gasteiger charge is -2.23. The molecule has 2 N–H and O–H groups in total. The van der Waals surface area contributed by atoms with Crippen LogP contribution in [0.1, 0.15) is 24.8 Å². The van der Waals surface area contributed by atoms with E-state index in [0.29, 0.717) is 11.1 Å². The molecule has 1 fully saturated rings. The van der Waals surface area contributed by atoms with Crippen LogP contribution in [0.3, 0.4) is 0 Å². The second kappa shape index (κ2) is 10.3. The van der Waals surface area contributed by atoms with Gasteiger partial charge in [-0.25, -0.2) is 4.79 Å². The van der Waals surface area contributed by atoms with Crippen LogP contribution in [0.4, 0.5) is 13.2 Å². The number of piperidine rings is 1. The first-order valence-electron chi connectivity index (χ1n) is 10.2. The van der Waals surface area contributed by atoms with Crippen molar-refractivity contribution >= 4 is 11.9 Å². The maximum atomic E-state index is 12.6. The highest BCUT2D eigenvalue weighted by molar-refractivity contribution is 5.82. The van der Waals surface area contributed by atoms with Crippen molar-refractivity contribution in [1.29, 1.82) is 5.26 Å². The smallest absolute Gasteiger partial charge is 0.419 e. The Morgan fingerprint density at radius 2 is 1.88 bits per heavy atom. The Morgan fingerprint density at radius 1 is 1.16 bits per heavy atom. The number of hydrogen-bond acceptors (Lipinski definition) is 5. The van der Waals surface area contributed by atoms with Gasteiger partial charge < -0.3 is 15.4 Å². The fourth-order valence-electron chi connectivity index (χ4n) is 3.48. The summed E-state index contributed by atoms with van der Waals surface area (Å²) in [6.45, 7) is 0.774. The van der Waals surface area contributed by atoms with Gasteiger partial charge in [0.1, 0.15) is 11.8 Å². The van der Waals surface area contributed by atoms with E-state index in [1.54, 1.807) is 36.4 Å². The van der Waals surface area contributed by atoms with Gasteiger partial charge in [-0.1, -0.05) is 48.9 Å². The number of halogens is 3. The average molecular weight is 445 g/mol. The normalized spacial score (nSPS) is 17.1. The summed E-state index contributed by atoms with van der Waals surface area (Å²) in [5.41, 5.74) is 1.63. The molecule has 2 atom stereocenters. The third-order valence-corrected chi connectivity index (χ3v) is 5.13. The zero-order valence-corrected chi connectivity index (χ0v) is 17.1. The summed E-state index contributed by atoms with van der Waals surface area (Å²) < 4.78 is 42.2. The summed E-state index contributed by atoms with van der Waals surface area (Å²) in [5, 5.41) is 15.3. The lowest BCUT2D eigenvalue weighted by Crippen LogP contribution is -2.49. The number of ether oxygens (including phenoxy) is 1. The van der Waals surface area contributed by atoms with Crippen LogP contribution in [0.25, 0.3) is 11.1 Å². The van der Waals surface area contributed by atoms with Gasteiger partial charge in [-0.05, 0) is 36.6 Å². The predicted molar refractivity (Wildman–Crippen MR) is 110 cm³/mol. The maximum absolute atomic E-state index is 12.6. The molecule has 9 heteroatoms. The minimum absolute atomic E-state index is 0.201. The molecule has 0 bridgehead atoms. The van der Waals surface area contributed by atoms with Gasteiger partial charge in [0.2, 0.25) is 5.91 Å². The number of nitrogens with zero attached hydrogens (tertiary/aromatic N) is 1. The number of para-hydroxylation sites is 1. The van der Waals surface area contributed by atoms with E-state index >= 15 is 0 Å². The molecule has 6 nitrogen and oxygen atoms in total. The van der Waals surface area contributed by atoms with Crippen LogP contribution in [0.2, 0.25) is 0 Å². The summed E-state index contributed by atoms with van der Waals surface area (Å²) in [4.78, 5) is 23.6. The molecule has 0 spiro atoms. The fourth-order valence-corrected chi connectivity index (χ4v) is 3.48. The number of carbonyl (C=O) groups is 2. The van der Waals surface area contributed by atoms with E-state index in [4.69, 9.17) is 0 Å². The van der Waals surface area contributed by atoms with E-state index in [1.807, 2.05) is 0 Å². The molecule has 0 aliphatic carbocycles. The van der Waals surface area contributed by atoms with Crippen molar-refractivity contribution in [2.24, 2.45) is 0 Å². The molecule has 1 amide bonds. The van der Waals surface area contributed by atoms with E-state index in [2.05, 4.69) is 21.4 Å². The molecule has 1 aliphatic heterocycles. The van der Waals surface area contributed by atoms with Gasteiger partial charge in [-0.3, -0.25) is 4.79 Å². The number of alkyl halides is 3. The Bertz CT molecular complexity index is 994. The second-order valence-electron chi connectivity index (χ2n) is 7.48. The van der Waals surface area contributed by atoms with Crippen LogP contribution >= 0.6 is 0 Å². The molecule has 0 aromatic heterocycles. The summed E-state index contributed by atoms with van der Waals surface area (Å²) in [5.74, 6) is -2.69. The van der Waals surface area contributed by atoms with Gasteiger partial charge in [-0.2, -0.15) is 18.4 Å². The van der Waals surface area contributed by atoms with Gasteiger partial charge >= 0.3 is 12.1 Å². The molecule has 2 aromatic rings. The van der Waals surface area contributed by atoms with E-state index < -0.39 is 18.2 Å². The Morgan fingerprint density at radius 3 is 2.50 bits per heavy atom. The third-order valence-electron chi connectivity index (χ3n) is 5.13. The summed E-state index contributed by atoms with van der Waals surface area (Å²) >= 11 is 0. The van der Waals surface area contributed by atoms with Gasteiger partial charge in [-0.15, -0.1) is 0 Å². The Kier molecular flexibility index (Phi) is 7.49. The zero-order chi connectivity index (χ0) is 23.1. The number of rotatable bonds is 6. The minimum Gasteiger partial charge on any atom is -0.419 e. The number of nitriles is 1. The molecule has 3 rings (SSSR count). The lowest BCUT2D eigenvalue weighted by molar-refractivity contribution is -0.189. The lowest BCUT2D eigenvalue weighted by atomic mass is 9.99. The Balaban J connectivity index is 1.68. The molecule has 0 saturated carbocycles. The molecule has 1 saturated heterocycles. The number of hydrogen-bond donors (Lipinski definition) is 2. The highest BCUT2D eigenvalue weighted by atomic mass is 19.4. The number of esters is 1. The molecule has 1 aliphatic rings. The van der Waals surface area contributed by atoms with Gasteiger partial charge in [0.05, 0.1) is 12.1 Å². The minimum atomic E-state index is -5.10. The van der Waals surface area contributed by atoms with Crippen molar-refractivity contribution in [1.82, 2.24) is 10.6 Å². The standard InChI is InChI=1S/C23H22F3N3O3/c24-23(25,26)22(31)32-20-7-2-1-5-18(20)16-10-8-15(9-11-16)13-17(14-27)29-21(30)19-6-3-4-12-28-19/h1-2,5,7-11,17,19,28H,3-4,6,12-13H2,(H,29,30)/t17-,19-/m0/s1. The van der Waals surface area contributed by atoms with Crippen LogP contribution < -0.4 is 15.4 Å². The van der Waals surface area contributed by atoms with Crippen LogP contribution in [0.15, 0.2) is 48.5 Å². The van der Waals surface area contributed by atoms with Crippen molar-refractivity contribution in [3.63, 3.8) is 0 Å².